The van der Waals surface area contributed by atoms with E-state index in [0.29, 0.717) is 22.3 Å². The molecule has 0 bridgehead atoms. The fourth-order valence-electron chi connectivity index (χ4n) is 18.6. The van der Waals surface area contributed by atoms with Crippen molar-refractivity contribution >= 4 is 77.2 Å². The third kappa shape index (κ3) is 21.6. The van der Waals surface area contributed by atoms with Gasteiger partial charge in [0.05, 0.1) is 14.2 Å². The zero-order valence-corrected chi connectivity index (χ0v) is 93.0. The van der Waals surface area contributed by atoms with Crippen LogP contribution in [0.5, 0.6) is 11.5 Å². The van der Waals surface area contributed by atoms with Gasteiger partial charge in [0.2, 0.25) is 0 Å². The molecule has 19 heteroatoms. The van der Waals surface area contributed by atoms with E-state index in [1.54, 1.807) is 64.1 Å². The van der Waals surface area contributed by atoms with Crippen molar-refractivity contribution in [1.29, 1.82) is 0 Å². The maximum absolute atomic E-state index is 14.8. The molecular formula is C121H95F3Ir6N8O2-6. The van der Waals surface area contributed by atoms with Crippen LogP contribution in [0.4, 0.5) is 47.3 Å². The first-order valence-corrected chi connectivity index (χ1v) is 44.6. The molecule has 23 rings (SSSR count). The van der Waals surface area contributed by atoms with E-state index in [4.69, 9.17) is 9.47 Å². The Kier molecular flexibility index (Phi) is 35.5. The van der Waals surface area contributed by atoms with E-state index >= 15 is 0 Å². The van der Waals surface area contributed by atoms with Crippen LogP contribution in [-0.4, -0.2) is 44.1 Å². The van der Waals surface area contributed by atoms with Gasteiger partial charge in [-0.25, -0.2) is 13.2 Å². The maximum atomic E-state index is 14.8. The Balaban J connectivity index is 0.000000150. The Morgan fingerprint density at radius 1 is 0.286 bits per heavy atom. The molecule has 14 aromatic carbocycles. The number of rotatable bonds is 11. The second-order valence-corrected chi connectivity index (χ2v) is 34.9. The van der Waals surface area contributed by atoms with Gasteiger partial charge < -0.3 is 49.2 Å². The first-order chi connectivity index (χ1) is 65.1. The molecule has 0 unspecified atom stereocenters. The summed E-state index contributed by atoms with van der Waals surface area (Å²) in [6, 6.07) is 125. The van der Waals surface area contributed by atoms with E-state index in [1.165, 1.54) is 45.0 Å². The molecular weight excluding hydrogens is 2810 g/mol. The van der Waals surface area contributed by atoms with Crippen LogP contribution in [0.25, 0.3) is 111 Å². The molecule has 0 N–H and O–H groups in total. The van der Waals surface area contributed by atoms with E-state index < -0.39 is 5.41 Å². The zero-order valence-electron chi connectivity index (χ0n) is 78.6. The first-order valence-electron chi connectivity index (χ1n) is 44.6. The molecule has 6 heterocycles. The topological polar surface area (TPSA) is 102 Å². The summed E-state index contributed by atoms with van der Waals surface area (Å²) in [5.41, 5.74) is 25.8. The van der Waals surface area contributed by atoms with Crippen molar-refractivity contribution in [2.24, 2.45) is 0 Å². The Morgan fingerprint density at radius 2 is 0.700 bits per heavy atom. The second kappa shape index (κ2) is 46.5. The van der Waals surface area contributed by atoms with Gasteiger partial charge in [0.15, 0.2) is 0 Å². The third-order valence-electron chi connectivity index (χ3n) is 25.5. The number of nitrogens with zero attached hydrogens (tertiary/aromatic N) is 8. The summed E-state index contributed by atoms with van der Waals surface area (Å²) in [7, 11) is 3.34. The fourth-order valence-corrected chi connectivity index (χ4v) is 18.6. The molecule has 0 aliphatic heterocycles. The largest absolute Gasteiger partial charge is 0.497 e. The van der Waals surface area contributed by atoms with Crippen LogP contribution in [0.2, 0.25) is 0 Å². The minimum absolute atomic E-state index is 0. The van der Waals surface area contributed by atoms with Crippen LogP contribution in [-0.2, 0) is 137 Å². The summed E-state index contributed by atoms with van der Waals surface area (Å²) in [6.07, 6.45) is 10.9. The molecule has 0 amide bonds. The Morgan fingerprint density at radius 3 is 1.18 bits per heavy atom. The monoisotopic (exact) mass is 2910 g/mol. The van der Waals surface area contributed by atoms with Gasteiger partial charge in [-0.05, 0) is 246 Å². The number of pyridine rings is 6. The predicted octanol–water partition coefficient (Wildman–Crippen LogP) is 30.4. The number of para-hydroxylation sites is 2. The van der Waals surface area contributed by atoms with Crippen LogP contribution in [0.15, 0.2) is 359 Å². The van der Waals surface area contributed by atoms with Crippen molar-refractivity contribution in [3.63, 3.8) is 0 Å². The second-order valence-electron chi connectivity index (χ2n) is 34.9. The number of ether oxygens (including phenoxy) is 2. The van der Waals surface area contributed by atoms with Crippen molar-refractivity contribution in [3.8, 4) is 79.0 Å². The van der Waals surface area contributed by atoms with Gasteiger partial charge in [0, 0.05) is 198 Å². The smallest absolute Gasteiger partial charge is 0.119 e. The molecule has 0 saturated carbocycles. The number of benzene rings is 14. The number of aromatic nitrogens is 6. The molecule has 0 atom stereocenters. The molecule has 0 saturated heterocycles. The SMILES string of the molecule is CC1(C)c2c([c-]ccc2F)-c2nccc3cccc1c23.COc1ccc(N(c2ccc(OC)cc2)c2cc[c-]c(-c3ccccn3)c2)cc1.Cc1c[c-]c2c(c1F)C(C)(C)c1cccc3ccnc-2c13.Cc1ccc2c3c(nccc13)-c1[c-]ccc(F)c1C2(C)C.Cc1cnc(-c2[c-]ccc3ccccc23)cc1C.[Ir].[Ir].[Ir].[Ir].[Ir].[Ir].[c-]1ccc(N(c2ccccc2)c2ccccc2)cc1-c1ccccn1. The number of aryl methyl sites for hydroxylation is 4. The number of fused-ring (bicyclic) bond motifs is 7. The molecule has 10 nitrogen and oxygen atoms in total. The van der Waals surface area contributed by atoms with E-state index in [-0.39, 0.29) is 149 Å². The average molecular weight is 2900 g/mol. The molecule has 0 spiro atoms. The Labute approximate surface area is 898 Å². The minimum Gasteiger partial charge on any atom is -0.497 e. The average Bonchev–Trinajstić information content (AvgIpc) is 0.717. The molecule has 3 aliphatic carbocycles. The zero-order chi connectivity index (χ0) is 92.9. The van der Waals surface area contributed by atoms with Crippen molar-refractivity contribution < 1.29 is 143 Å². The summed E-state index contributed by atoms with van der Waals surface area (Å²) in [5, 5.41) is 9.29. The summed E-state index contributed by atoms with van der Waals surface area (Å²) < 4.78 is 54.3. The predicted molar refractivity (Wildman–Crippen MR) is 539 cm³/mol. The molecule has 6 aromatic heterocycles. The van der Waals surface area contributed by atoms with Crippen molar-refractivity contribution in [2.45, 2.75) is 85.5 Å². The normalized spacial score (nSPS) is 12.1. The molecule has 712 valence electrons. The van der Waals surface area contributed by atoms with Gasteiger partial charge in [-0.1, -0.05) is 221 Å². The summed E-state index contributed by atoms with van der Waals surface area (Å²) >= 11 is 0. The fraction of sp³-hybridized carbons (Fsp3) is 0.124. The van der Waals surface area contributed by atoms with Crippen LogP contribution < -0.4 is 19.3 Å². The maximum Gasteiger partial charge on any atom is 0.119 e. The van der Waals surface area contributed by atoms with Crippen LogP contribution in [0.1, 0.15) is 97.2 Å². The number of hydrogen-bond acceptors (Lipinski definition) is 10. The third-order valence-corrected chi connectivity index (χ3v) is 25.5. The number of methoxy groups -OCH3 is 2. The first kappa shape index (κ1) is 107. The van der Waals surface area contributed by atoms with Crippen LogP contribution in [0, 0.1) is 81.5 Å². The standard InChI is InChI=1S/C25H21N2O2.C23H17N2.2C19H15FN.C18H13FN.C17H14N.6Ir/c1-28-23-13-9-20(10-14-23)27(21-11-15-24(29-2)16-12-21)22-7-5-6-19(18-22)25-8-3-4-17-26-25;1-3-11-20(12-4-1)25(21-13-5-2-6-14-21)22-15-9-10-19(18-22)23-16-7-8-17-24-23;1-11-7-8-14-16-12(11)9-10-21-18(16)13-5-4-6-15(20)17(13)19(14,2)3;1-11-7-8-13-16(17(11)20)19(2,3)14-6-4-5-12-9-10-21-18(13)15(12)14;1-18(2)13-7-3-5-11-9-10-20-17(15(11)13)12-6-4-8-14(19)16(12)18;1-12-10-17(18-11-13(12)2)16-9-5-7-14-6-3-4-8-15(14)16;;;;;;/h3-5,7-18H,1-2H3;1-9,11-18H;4,6-10H,1-3H3;4-7,9-10H,1-3H3;3-5,7-10H,1-2H3;3-8,10-11H,1-2H3;;;;;;/q6*-1;;;;;;. The summed E-state index contributed by atoms with van der Waals surface area (Å²) in [6.45, 7) is 20.5. The molecule has 6 radical (unpaired) electrons. The molecule has 20 aromatic rings. The minimum atomic E-state index is -0.391. The Hall–Kier alpha value is -12.1. The number of halogens is 3. The van der Waals surface area contributed by atoms with Gasteiger partial charge in [-0.3, -0.25) is 0 Å². The van der Waals surface area contributed by atoms with Gasteiger partial charge in [-0.2, -0.15) is 0 Å². The van der Waals surface area contributed by atoms with Gasteiger partial charge >= 0.3 is 0 Å². The number of anilines is 6. The molecule has 140 heavy (non-hydrogen) atoms. The number of hydrogen-bond donors (Lipinski definition) is 0. The molecule has 0 fully saturated rings. The summed E-state index contributed by atoms with van der Waals surface area (Å²) in [4.78, 5) is 31.4. The van der Waals surface area contributed by atoms with E-state index in [0.717, 1.165) is 157 Å². The van der Waals surface area contributed by atoms with Crippen LogP contribution in [0.3, 0.4) is 0 Å². The van der Waals surface area contributed by atoms with E-state index in [2.05, 4.69) is 278 Å². The van der Waals surface area contributed by atoms with Crippen LogP contribution >= 0.6 is 0 Å². The molecule has 3 aliphatic rings. The van der Waals surface area contributed by atoms with E-state index in [9.17, 15) is 13.2 Å². The van der Waals surface area contributed by atoms with E-state index in [1.807, 2.05) is 164 Å². The van der Waals surface area contributed by atoms with Gasteiger partial charge in [0.1, 0.15) is 11.5 Å². The summed E-state index contributed by atoms with van der Waals surface area (Å²) in [5.74, 6) is 1.14. The van der Waals surface area contributed by atoms with Crippen molar-refractivity contribution in [1.82, 2.24) is 29.9 Å². The Bertz CT molecular complexity index is 7640. The van der Waals surface area contributed by atoms with Gasteiger partial charge in [0.25, 0.3) is 0 Å². The van der Waals surface area contributed by atoms with Crippen molar-refractivity contribution in [2.75, 3.05) is 24.0 Å². The van der Waals surface area contributed by atoms with Crippen molar-refractivity contribution in [3.05, 3.63) is 468 Å². The van der Waals surface area contributed by atoms with Gasteiger partial charge in [-0.15, -0.1) is 154 Å². The quantitative estimate of drug-likeness (QED) is 0.116.